The fraction of sp³-hybridized carbons (Fsp3) is 0.0588. The Morgan fingerprint density at radius 2 is 1.85 bits per heavy atom. The van der Waals surface area contributed by atoms with E-state index >= 15 is 0 Å². The Balaban J connectivity index is 1.79. The van der Waals surface area contributed by atoms with Gasteiger partial charge in [0, 0.05) is 22.9 Å². The van der Waals surface area contributed by atoms with E-state index in [4.69, 9.17) is 5.11 Å². The van der Waals surface area contributed by atoms with Gasteiger partial charge in [0.1, 0.15) is 15.9 Å². The summed E-state index contributed by atoms with van der Waals surface area (Å²) < 4.78 is 55.1. The van der Waals surface area contributed by atoms with Crippen LogP contribution in [0.15, 0.2) is 52.9 Å². The van der Waals surface area contributed by atoms with Gasteiger partial charge in [-0.3, -0.25) is 0 Å². The number of aromatic carboxylic acids is 1. The summed E-state index contributed by atoms with van der Waals surface area (Å²) in [6, 6.07) is 8.43. The highest BCUT2D eigenvalue weighted by Crippen LogP contribution is 2.38. The van der Waals surface area contributed by atoms with E-state index in [0.29, 0.717) is 21.7 Å². The Labute approximate surface area is 159 Å². The number of carbonyl (C=O) groups is 1. The lowest BCUT2D eigenvalue weighted by molar-refractivity contribution is -0.136. The Kier molecular flexibility index (Phi) is 5.38. The van der Waals surface area contributed by atoms with Crippen LogP contribution in [0, 0.1) is 5.82 Å². The molecular formula is C17H10F4N2O2S2. The van der Waals surface area contributed by atoms with Crippen molar-refractivity contribution in [3.8, 4) is 10.6 Å². The number of hydrogen-bond acceptors (Lipinski definition) is 5. The van der Waals surface area contributed by atoms with Crippen molar-refractivity contribution in [3.63, 3.8) is 0 Å². The minimum Gasteiger partial charge on any atom is -0.478 e. The molecule has 0 atom stereocenters. The van der Waals surface area contributed by atoms with Gasteiger partial charge in [-0.05, 0) is 42.5 Å². The van der Waals surface area contributed by atoms with E-state index in [2.05, 4.69) is 9.71 Å². The maximum Gasteiger partial charge on any atom is 0.418 e. The monoisotopic (exact) mass is 414 g/mol. The molecule has 0 amide bonds. The fourth-order valence-corrected chi connectivity index (χ4v) is 3.75. The lowest BCUT2D eigenvalue weighted by atomic mass is 10.1. The third-order valence-electron chi connectivity index (χ3n) is 3.41. The first-order valence-electron chi connectivity index (χ1n) is 7.33. The lowest BCUT2D eigenvalue weighted by Crippen LogP contribution is -2.10. The van der Waals surface area contributed by atoms with Crippen LogP contribution in [0.1, 0.15) is 15.9 Å². The number of carboxylic acids is 1. The van der Waals surface area contributed by atoms with Crippen LogP contribution in [0.5, 0.6) is 0 Å². The highest BCUT2D eigenvalue weighted by Gasteiger charge is 2.34. The second-order valence-corrected chi connectivity index (χ2v) is 6.95. The zero-order valence-corrected chi connectivity index (χ0v) is 14.9. The van der Waals surface area contributed by atoms with Crippen molar-refractivity contribution in [2.75, 3.05) is 4.72 Å². The molecule has 0 aliphatic carbocycles. The summed E-state index contributed by atoms with van der Waals surface area (Å²) in [5, 5.41) is 11.5. The summed E-state index contributed by atoms with van der Waals surface area (Å²) in [7, 11) is 0. The first-order valence-corrected chi connectivity index (χ1v) is 9.02. The minimum absolute atomic E-state index is 0.270. The molecule has 0 fully saturated rings. The van der Waals surface area contributed by atoms with Crippen LogP contribution in [0.4, 0.5) is 23.2 Å². The molecular weight excluding hydrogens is 404 g/mol. The van der Waals surface area contributed by atoms with Crippen LogP contribution < -0.4 is 4.72 Å². The highest BCUT2D eigenvalue weighted by atomic mass is 32.2. The second-order valence-electron chi connectivity index (χ2n) is 5.27. The maximum absolute atomic E-state index is 13.2. The lowest BCUT2D eigenvalue weighted by Gasteiger charge is -2.14. The van der Waals surface area contributed by atoms with Gasteiger partial charge < -0.3 is 9.83 Å². The molecule has 140 valence electrons. The van der Waals surface area contributed by atoms with Crippen molar-refractivity contribution >= 4 is 34.9 Å². The second kappa shape index (κ2) is 7.57. The van der Waals surface area contributed by atoms with E-state index in [1.807, 2.05) is 0 Å². The van der Waals surface area contributed by atoms with Crippen molar-refractivity contribution in [1.29, 1.82) is 0 Å². The summed E-state index contributed by atoms with van der Waals surface area (Å²) in [6.45, 7) is 0. The first-order chi connectivity index (χ1) is 12.7. The average molecular weight is 414 g/mol. The van der Waals surface area contributed by atoms with Crippen molar-refractivity contribution in [1.82, 2.24) is 4.98 Å². The average Bonchev–Trinajstić information content (AvgIpc) is 3.08. The quantitative estimate of drug-likeness (QED) is 0.409. The molecule has 0 radical (unpaired) electrons. The van der Waals surface area contributed by atoms with E-state index < -0.39 is 23.3 Å². The molecule has 0 saturated heterocycles. The number of nitrogens with one attached hydrogen (secondary N) is 1. The number of nitrogens with zero attached hydrogens (tertiary/aromatic N) is 1. The van der Waals surface area contributed by atoms with Gasteiger partial charge in [0.15, 0.2) is 0 Å². The summed E-state index contributed by atoms with van der Waals surface area (Å²) in [4.78, 5) is 15.2. The summed E-state index contributed by atoms with van der Waals surface area (Å²) >= 11 is 2.13. The molecule has 0 saturated carbocycles. The van der Waals surface area contributed by atoms with Gasteiger partial charge in [0.2, 0.25) is 0 Å². The smallest absolute Gasteiger partial charge is 0.418 e. The van der Waals surface area contributed by atoms with Gasteiger partial charge in [0.05, 0.1) is 16.8 Å². The summed E-state index contributed by atoms with van der Waals surface area (Å²) in [5.41, 5.74) is -1.11. The van der Waals surface area contributed by atoms with Gasteiger partial charge in [-0.15, -0.1) is 11.3 Å². The maximum atomic E-state index is 13.2. The number of aromatic nitrogens is 1. The number of rotatable bonds is 5. The standard InChI is InChI=1S/C17H10F4N2O2S2/c18-11-4-1-9(2-5-11)15-22-14(8-26-15)27-23-13-6-3-10(16(24)25)7-12(13)17(19,20)21/h1-8,23H,(H,24,25). The molecule has 0 aliphatic heterocycles. The highest BCUT2D eigenvalue weighted by molar-refractivity contribution is 8.00. The Morgan fingerprint density at radius 3 is 2.48 bits per heavy atom. The molecule has 4 nitrogen and oxygen atoms in total. The third kappa shape index (κ3) is 4.58. The topological polar surface area (TPSA) is 62.2 Å². The number of alkyl halides is 3. The van der Waals surface area contributed by atoms with Crippen LogP contribution in [-0.2, 0) is 6.18 Å². The Morgan fingerprint density at radius 1 is 1.15 bits per heavy atom. The van der Waals surface area contributed by atoms with Crippen LogP contribution in [-0.4, -0.2) is 16.1 Å². The summed E-state index contributed by atoms with van der Waals surface area (Å²) in [6.07, 6.45) is -4.71. The van der Waals surface area contributed by atoms with Crippen molar-refractivity contribution in [2.24, 2.45) is 0 Å². The van der Waals surface area contributed by atoms with Crippen molar-refractivity contribution in [2.45, 2.75) is 11.2 Å². The molecule has 2 N–H and O–H groups in total. The van der Waals surface area contributed by atoms with E-state index in [1.54, 1.807) is 17.5 Å². The first kappa shape index (κ1) is 19.2. The predicted molar refractivity (Wildman–Crippen MR) is 95.4 cm³/mol. The van der Waals surface area contributed by atoms with Gasteiger partial charge in [-0.2, -0.15) is 13.2 Å². The normalized spacial score (nSPS) is 11.4. The molecule has 1 aromatic heterocycles. The minimum atomic E-state index is -4.71. The number of thiazole rings is 1. The van der Waals surface area contributed by atoms with Crippen LogP contribution in [0.25, 0.3) is 10.6 Å². The number of benzene rings is 2. The molecule has 1 heterocycles. The molecule has 10 heteroatoms. The molecule has 2 aromatic carbocycles. The third-order valence-corrected chi connectivity index (χ3v) is 5.19. The molecule has 0 spiro atoms. The Hall–Kier alpha value is -2.59. The van der Waals surface area contributed by atoms with Crippen LogP contribution >= 0.6 is 23.3 Å². The molecule has 0 aliphatic rings. The fourth-order valence-electron chi connectivity index (χ4n) is 2.14. The molecule has 27 heavy (non-hydrogen) atoms. The number of halogens is 4. The van der Waals surface area contributed by atoms with Crippen LogP contribution in [0.3, 0.4) is 0 Å². The largest absolute Gasteiger partial charge is 0.478 e. The molecule has 0 unspecified atom stereocenters. The zero-order chi connectivity index (χ0) is 19.6. The van der Waals surface area contributed by atoms with E-state index in [1.165, 1.54) is 23.5 Å². The molecule has 0 bridgehead atoms. The zero-order valence-electron chi connectivity index (χ0n) is 13.2. The van der Waals surface area contributed by atoms with Crippen molar-refractivity contribution < 1.29 is 27.5 Å². The summed E-state index contributed by atoms with van der Waals surface area (Å²) in [5.74, 6) is -1.82. The van der Waals surface area contributed by atoms with Gasteiger partial charge in [-0.25, -0.2) is 14.2 Å². The van der Waals surface area contributed by atoms with E-state index in [9.17, 15) is 22.4 Å². The van der Waals surface area contributed by atoms with Crippen LogP contribution in [0.2, 0.25) is 0 Å². The van der Waals surface area contributed by atoms with E-state index in [0.717, 1.165) is 24.1 Å². The van der Waals surface area contributed by atoms with E-state index in [-0.39, 0.29) is 11.5 Å². The predicted octanol–water partition coefficient (Wildman–Crippen LogP) is 5.79. The Bertz CT molecular complexity index is 972. The van der Waals surface area contributed by atoms with Gasteiger partial charge >= 0.3 is 12.1 Å². The SMILES string of the molecule is O=C(O)c1ccc(NSc2csc(-c3ccc(F)cc3)n2)c(C(F)(F)F)c1. The number of hydrogen-bond donors (Lipinski definition) is 2. The molecule has 3 rings (SSSR count). The number of carboxylic acid groups (broad SMARTS) is 1. The van der Waals surface area contributed by atoms with Gasteiger partial charge in [-0.1, -0.05) is 0 Å². The number of anilines is 1. The van der Waals surface area contributed by atoms with Gasteiger partial charge in [0.25, 0.3) is 0 Å². The van der Waals surface area contributed by atoms with Crippen molar-refractivity contribution in [3.05, 3.63) is 64.8 Å². The molecule has 3 aromatic rings.